The van der Waals surface area contributed by atoms with Gasteiger partial charge in [-0.2, -0.15) is 0 Å². The zero-order valence-electron chi connectivity index (χ0n) is 13.0. The second kappa shape index (κ2) is 6.00. The van der Waals surface area contributed by atoms with Gasteiger partial charge in [0.1, 0.15) is 22.8 Å². The number of hydrogen-bond acceptors (Lipinski definition) is 6. The number of ether oxygens (including phenoxy) is 3. The maximum Gasteiger partial charge on any atom is 0.343 e. The number of carbonyl (C=O) groups is 1. The van der Waals surface area contributed by atoms with Gasteiger partial charge in [0.2, 0.25) is 0 Å². The molecule has 0 saturated heterocycles. The SMILES string of the molecule is COc1cc(OC)cc(C(=O)Oc2ccc3nc(C)oc3c2)c1. The molecule has 0 aliphatic heterocycles. The van der Waals surface area contributed by atoms with Gasteiger partial charge in [-0.3, -0.25) is 0 Å². The molecule has 6 nitrogen and oxygen atoms in total. The van der Waals surface area contributed by atoms with Crippen molar-refractivity contribution < 1.29 is 23.4 Å². The third-order valence-corrected chi connectivity index (χ3v) is 3.26. The van der Waals surface area contributed by atoms with E-state index < -0.39 is 5.97 Å². The van der Waals surface area contributed by atoms with E-state index in [4.69, 9.17) is 18.6 Å². The van der Waals surface area contributed by atoms with E-state index in [0.29, 0.717) is 39.8 Å². The number of oxazole rings is 1. The molecule has 0 atom stereocenters. The summed E-state index contributed by atoms with van der Waals surface area (Å²) < 4.78 is 21.1. The van der Waals surface area contributed by atoms with Crippen molar-refractivity contribution in [1.29, 1.82) is 0 Å². The number of esters is 1. The molecule has 0 aliphatic carbocycles. The van der Waals surface area contributed by atoms with Crippen molar-refractivity contribution in [2.45, 2.75) is 6.92 Å². The van der Waals surface area contributed by atoms with E-state index in [0.717, 1.165) is 0 Å². The fourth-order valence-corrected chi connectivity index (χ4v) is 2.17. The number of methoxy groups -OCH3 is 2. The summed E-state index contributed by atoms with van der Waals surface area (Å²) >= 11 is 0. The molecule has 6 heteroatoms. The smallest absolute Gasteiger partial charge is 0.343 e. The van der Waals surface area contributed by atoms with E-state index in [1.54, 1.807) is 43.3 Å². The van der Waals surface area contributed by atoms with Crippen molar-refractivity contribution in [2.24, 2.45) is 0 Å². The van der Waals surface area contributed by atoms with E-state index >= 15 is 0 Å². The Kier molecular flexibility index (Phi) is 3.89. The van der Waals surface area contributed by atoms with Crippen LogP contribution in [0.15, 0.2) is 40.8 Å². The average Bonchev–Trinajstić information content (AvgIpc) is 2.93. The minimum Gasteiger partial charge on any atom is -0.497 e. The topological polar surface area (TPSA) is 70.8 Å². The van der Waals surface area contributed by atoms with Gasteiger partial charge in [0.05, 0.1) is 19.8 Å². The molecule has 0 N–H and O–H groups in total. The van der Waals surface area contributed by atoms with E-state index in [1.807, 2.05) is 0 Å². The molecule has 3 aromatic rings. The number of fused-ring (bicyclic) bond motifs is 1. The van der Waals surface area contributed by atoms with Crippen LogP contribution in [0.2, 0.25) is 0 Å². The maximum atomic E-state index is 12.3. The van der Waals surface area contributed by atoms with E-state index in [2.05, 4.69) is 4.98 Å². The lowest BCUT2D eigenvalue weighted by atomic mass is 10.2. The zero-order valence-corrected chi connectivity index (χ0v) is 13.0. The number of nitrogens with zero attached hydrogens (tertiary/aromatic N) is 1. The Morgan fingerprint density at radius 2 is 1.70 bits per heavy atom. The average molecular weight is 313 g/mol. The lowest BCUT2D eigenvalue weighted by molar-refractivity contribution is 0.0734. The van der Waals surface area contributed by atoms with Gasteiger partial charge < -0.3 is 18.6 Å². The molecule has 0 fully saturated rings. The molecule has 2 aromatic carbocycles. The first kappa shape index (κ1) is 14.9. The second-order valence-electron chi connectivity index (χ2n) is 4.85. The summed E-state index contributed by atoms with van der Waals surface area (Å²) in [6.07, 6.45) is 0. The molecule has 0 amide bonds. The molecule has 0 radical (unpaired) electrons. The molecule has 0 bridgehead atoms. The highest BCUT2D eigenvalue weighted by Gasteiger charge is 2.13. The van der Waals surface area contributed by atoms with Crippen LogP contribution in [-0.2, 0) is 0 Å². The predicted molar refractivity (Wildman–Crippen MR) is 83.3 cm³/mol. The molecule has 0 spiro atoms. The van der Waals surface area contributed by atoms with Gasteiger partial charge in [-0.05, 0) is 24.3 Å². The Labute approximate surface area is 132 Å². The van der Waals surface area contributed by atoms with Crippen molar-refractivity contribution in [3.63, 3.8) is 0 Å². The Bertz CT molecular complexity index is 846. The van der Waals surface area contributed by atoms with Crippen LogP contribution in [0.3, 0.4) is 0 Å². The minimum atomic E-state index is -0.516. The van der Waals surface area contributed by atoms with Crippen LogP contribution < -0.4 is 14.2 Å². The van der Waals surface area contributed by atoms with E-state index in [1.165, 1.54) is 14.2 Å². The summed E-state index contributed by atoms with van der Waals surface area (Å²) in [6, 6.07) is 9.88. The van der Waals surface area contributed by atoms with Crippen LogP contribution in [-0.4, -0.2) is 25.2 Å². The molecule has 3 rings (SSSR count). The van der Waals surface area contributed by atoms with Gasteiger partial charge in [-0.15, -0.1) is 0 Å². The van der Waals surface area contributed by atoms with Crippen molar-refractivity contribution in [2.75, 3.05) is 14.2 Å². The molecule has 0 saturated carbocycles. The van der Waals surface area contributed by atoms with Crippen LogP contribution in [0.1, 0.15) is 16.2 Å². The van der Waals surface area contributed by atoms with Gasteiger partial charge >= 0.3 is 5.97 Å². The number of hydrogen-bond donors (Lipinski definition) is 0. The van der Waals surface area contributed by atoms with Crippen LogP contribution in [0, 0.1) is 6.92 Å². The number of aryl methyl sites for hydroxylation is 1. The predicted octanol–water partition coefficient (Wildman–Crippen LogP) is 3.37. The zero-order chi connectivity index (χ0) is 16.4. The quantitative estimate of drug-likeness (QED) is 0.543. The summed E-state index contributed by atoms with van der Waals surface area (Å²) in [5, 5.41) is 0. The van der Waals surface area contributed by atoms with E-state index in [9.17, 15) is 4.79 Å². The second-order valence-corrected chi connectivity index (χ2v) is 4.85. The van der Waals surface area contributed by atoms with Gasteiger partial charge in [-0.25, -0.2) is 9.78 Å². The van der Waals surface area contributed by atoms with Crippen LogP contribution in [0.4, 0.5) is 0 Å². The lowest BCUT2D eigenvalue weighted by Crippen LogP contribution is -2.09. The van der Waals surface area contributed by atoms with Crippen LogP contribution >= 0.6 is 0 Å². The first-order chi connectivity index (χ1) is 11.1. The van der Waals surface area contributed by atoms with Crippen molar-refractivity contribution in [1.82, 2.24) is 4.98 Å². The third-order valence-electron chi connectivity index (χ3n) is 3.26. The summed E-state index contributed by atoms with van der Waals surface area (Å²) in [6.45, 7) is 1.76. The lowest BCUT2D eigenvalue weighted by Gasteiger charge is -2.08. The molecule has 0 unspecified atom stereocenters. The summed E-state index contributed by atoms with van der Waals surface area (Å²) in [7, 11) is 3.04. The third kappa shape index (κ3) is 3.11. The van der Waals surface area contributed by atoms with Crippen molar-refractivity contribution >= 4 is 17.1 Å². The van der Waals surface area contributed by atoms with Gasteiger partial charge in [-0.1, -0.05) is 0 Å². The summed E-state index contributed by atoms with van der Waals surface area (Å²) in [4.78, 5) is 16.5. The molecule has 1 aromatic heterocycles. The number of benzene rings is 2. The van der Waals surface area contributed by atoms with Gasteiger partial charge in [0.25, 0.3) is 0 Å². The largest absolute Gasteiger partial charge is 0.497 e. The van der Waals surface area contributed by atoms with Crippen LogP contribution in [0.5, 0.6) is 17.2 Å². The normalized spacial score (nSPS) is 10.6. The van der Waals surface area contributed by atoms with Gasteiger partial charge in [0, 0.05) is 19.1 Å². The summed E-state index contributed by atoms with van der Waals surface area (Å²) in [5.41, 5.74) is 1.61. The van der Waals surface area contributed by atoms with E-state index in [-0.39, 0.29) is 0 Å². The van der Waals surface area contributed by atoms with Gasteiger partial charge in [0.15, 0.2) is 11.5 Å². The monoisotopic (exact) mass is 313 g/mol. The highest BCUT2D eigenvalue weighted by molar-refractivity contribution is 5.92. The molecule has 23 heavy (non-hydrogen) atoms. The molecule has 0 aliphatic rings. The van der Waals surface area contributed by atoms with Crippen molar-refractivity contribution in [3.8, 4) is 17.2 Å². The molecular weight excluding hydrogens is 298 g/mol. The fraction of sp³-hybridized carbons (Fsp3) is 0.176. The highest BCUT2D eigenvalue weighted by Crippen LogP contribution is 2.25. The number of rotatable bonds is 4. The maximum absolute atomic E-state index is 12.3. The number of carbonyl (C=O) groups excluding carboxylic acids is 1. The first-order valence-electron chi connectivity index (χ1n) is 6.91. The summed E-state index contributed by atoms with van der Waals surface area (Å²) in [5.74, 6) is 1.44. The molecule has 118 valence electrons. The Morgan fingerprint density at radius 1 is 1.00 bits per heavy atom. The van der Waals surface area contributed by atoms with Crippen LogP contribution in [0.25, 0.3) is 11.1 Å². The standard InChI is InChI=1S/C17H15NO5/c1-10-18-15-5-4-12(9-16(15)22-10)23-17(19)11-6-13(20-2)8-14(7-11)21-3/h4-9H,1-3H3. The highest BCUT2D eigenvalue weighted by atomic mass is 16.5. The Balaban J connectivity index is 1.87. The Hall–Kier alpha value is -3.02. The fourth-order valence-electron chi connectivity index (χ4n) is 2.17. The Morgan fingerprint density at radius 3 is 2.35 bits per heavy atom. The molecular formula is C17H15NO5. The van der Waals surface area contributed by atoms with Crippen molar-refractivity contribution in [3.05, 3.63) is 47.9 Å². The first-order valence-corrected chi connectivity index (χ1v) is 6.91. The minimum absolute atomic E-state index is 0.329. The molecule has 1 heterocycles. The number of aromatic nitrogens is 1.